The minimum atomic E-state index is -1.02. The third kappa shape index (κ3) is 5.81. The lowest BCUT2D eigenvalue weighted by atomic mass is 10.1. The molecular formula is C28H28F2N4O4. The lowest BCUT2D eigenvalue weighted by molar-refractivity contribution is 0.0737. The van der Waals surface area contributed by atoms with Gasteiger partial charge >= 0.3 is 0 Å². The number of fused-ring (bicyclic) bond motifs is 1. The molecule has 2 amide bonds. The number of carbonyl (C=O) groups is 2. The van der Waals surface area contributed by atoms with Crippen molar-refractivity contribution in [1.29, 1.82) is 0 Å². The van der Waals surface area contributed by atoms with Gasteiger partial charge in [-0.25, -0.2) is 8.78 Å². The van der Waals surface area contributed by atoms with E-state index in [2.05, 4.69) is 17.2 Å². The first-order valence-corrected chi connectivity index (χ1v) is 12.1. The van der Waals surface area contributed by atoms with Gasteiger partial charge < -0.3 is 25.2 Å². The number of rotatable bonds is 9. The van der Waals surface area contributed by atoms with Crippen LogP contribution >= 0.6 is 0 Å². The van der Waals surface area contributed by atoms with Crippen molar-refractivity contribution in [3.8, 4) is 5.75 Å². The Balaban J connectivity index is 1.44. The summed E-state index contributed by atoms with van der Waals surface area (Å²) < 4.78 is 28.3. The first kappa shape index (κ1) is 26.7. The fraction of sp³-hybridized carbons (Fsp3) is 0.250. The fourth-order valence-corrected chi connectivity index (χ4v) is 4.30. The maximum atomic E-state index is 13.9. The number of pyridine rings is 1. The summed E-state index contributed by atoms with van der Waals surface area (Å²) in [6.07, 6.45) is 1.18. The summed E-state index contributed by atoms with van der Waals surface area (Å²) in [5.74, 6) is -3.87. The quantitative estimate of drug-likeness (QED) is 0.401. The SMILES string of the molecule is C=C1Cn2cc(C(=O)NCc3ccc(F)cc3F)c(=O)c(O)c2C(=O)N1C[C@@H](C)CNCc1ccccc1. The third-order valence-electron chi connectivity index (χ3n) is 6.30. The highest BCUT2D eigenvalue weighted by molar-refractivity contribution is 5.99. The minimum Gasteiger partial charge on any atom is -0.503 e. The monoisotopic (exact) mass is 522 g/mol. The number of aromatic hydroxyl groups is 1. The number of carbonyl (C=O) groups excluding carboxylic acids is 2. The molecule has 1 aliphatic heterocycles. The Kier molecular flexibility index (Phi) is 8.02. The van der Waals surface area contributed by atoms with Crippen molar-refractivity contribution in [2.75, 3.05) is 13.1 Å². The molecular weight excluding hydrogens is 494 g/mol. The Morgan fingerprint density at radius 1 is 1.13 bits per heavy atom. The Hall–Kier alpha value is -4.31. The average Bonchev–Trinajstić information content (AvgIpc) is 2.88. The highest BCUT2D eigenvalue weighted by Crippen LogP contribution is 2.25. The molecule has 198 valence electrons. The van der Waals surface area contributed by atoms with Crippen molar-refractivity contribution in [3.63, 3.8) is 0 Å². The molecule has 3 N–H and O–H groups in total. The summed E-state index contributed by atoms with van der Waals surface area (Å²) in [6.45, 7) is 7.34. The van der Waals surface area contributed by atoms with E-state index in [1.807, 2.05) is 37.3 Å². The summed E-state index contributed by atoms with van der Waals surface area (Å²) in [6, 6.07) is 12.8. The van der Waals surface area contributed by atoms with E-state index in [1.54, 1.807) is 0 Å². The van der Waals surface area contributed by atoms with Gasteiger partial charge in [0.15, 0.2) is 11.4 Å². The molecule has 2 aromatic carbocycles. The molecule has 1 aliphatic rings. The zero-order chi connectivity index (χ0) is 27.4. The summed E-state index contributed by atoms with van der Waals surface area (Å²) in [4.78, 5) is 40.1. The van der Waals surface area contributed by atoms with E-state index >= 15 is 0 Å². The number of nitrogens with one attached hydrogen (secondary N) is 2. The van der Waals surface area contributed by atoms with Gasteiger partial charge in [-0.1, -0.05) is 49.9 Å². The molecule has 0 aliphatic carbocycles. The normalized spacial score (nSPS) is 13.8. The highest BCUT2D eigenvalue weighted by Gasteiger charge is 2.33. The second kappa shape index (κ2) is 11.4. The van der Waals surface area contributed by atoms with E-state index in [-0.39, 0.29) is 30.3 Å². The molecule has 0 fully saturated rings. The van der Waals surface area contributed by atoms with Crippen molar-refractivity contribution < 1.29 is 23.5 Å². The molecule has 0 radical (unpaired) electrons. The molecule has 2 heterocycles. The highest BCUT2D eigenvalue weighted by atomic mass is 19.1. The second-order valence-corrected chi connectivity index (χ2v) is 9.32. The fourth-order valence-electron chi connectivity index (χ4n) is 4.30. The van der Waals surface area contributed by atoms with Crippen LogP contribution in [0.1, 0.15) is 38.9 Å². The van der Waals surface area contributed by atoms with E-state index in [0.717, 1.165) is 11.6 Å². The van der Waals surface area contributed by atoms with Gasteiger partial charge in [0.2, 0.25) is 5.43 Å². The van der Waals surface area contributed by atoms with Gasteiger partial charge in [0.05, 0.1) is 6.54 Å². The average molecular weight is 523 g/mol. The van der Waals surface area contributed by atoms with Crippen LogP contribution in [0.3, 0.4) is 0 Å². The summed E-state index contributed by atoms with van der Waals surface area (Å²) in [5.41, 5.74) is -0.0613. The number of hydrogen-bond donors (Lipinski definition) is 3. The van der Waals surface area contributed by atoms with Crippen LogP contribution in [-0.2, 0) is 19.6 Å². The number of halogens is 2. The van der Waals surface area contributed by atoms with Crippen molar-refractivity contribution >= 4 is 11.8 Å². The first-order valence-electron chi connectivity index (χ1n) is 12.1. The van der Waals surface area contributed by atoms with Gasteiger partial charge in [-0.2, -0.15) is 0 Å². The van der Waals surface area contributed by atoms with Gasteiger partial charge in [0.25, 0.3) is 11.8 Å². The Morgan fingerprint density at radius 3 is 2.58 bits per heavy atom. The molecule has 4 rings (SSSR count). The topological polar surface area (TPSA) is 104 Å². The predicted molar refractivity (Wildman–Crippen MR) is 137 cm³/mol. The number of aromatic nitrogens is 1. The summed E-state index contributed by atoms with van der Waals surface area (Å²) in [7, 11) is 0. The van der Waals surface area contributed by atoms with Gasteiger partial charge in [-0.15, -0.1) is 0 Å². The van der Waals surface area contributed by atoms with Gasteiger partial charge in [0.1, 0.15) is 17.2 Å². The number of allylic oxidation sites excluding steroid dienone is 1. The predicted octanol–water partition coefficient (Wildman–Crippen LogP) is 3.16. The molecule has 1 aromatic heterocycles. The van der Waals surface area contributed by atoms with Crippen LogP contribution in [0, 0.1) is 17.6 Å². The number of amides is 2. The minimum absolute atomic E-state index is 0.0219. The van der Waals surface area contributed by atoms with Crippen LogP contribution in [0.5, 0.6) is 5.75 Å². The van der Waals surface area contributed by atoms with Gasteiger partial charge in [-0.3, -0.25) is 14.4 Å². The Labute approximate surface area is 218 Å². The maximum Gasteiger partial charge on any atom is 0.278 e. The van der Waals surface area contributed by atoms with Gasteiger partial charge in [0, 0.05) is 43.2 Å². The van der Waals surface area contributed by atoms with Crippen LogP contribution < -0.4 is 16.1 Å². The number of benzene rings is 2. The van der Waals surface area contributed by atoms with Gasteiger partial charge in [-0.05, 0) is 24.1 Å². The second-order valence-electron chi connectivity index (χ2n) is 9.32. The van der Waals surface area contributed by atoms with Crippen LogP contribution in [0.15, 0.2) is 71.8 Å². The van der Waals surface area contributed by atoms with Crippen LogP contribution in [0.2, 0.25) is 0 Å². The lowest BCUT2D eigenvalue weighted by Gasteiger charge is -2.34. The summed E-state index contributed by atoms with van der Waals surface area (Å²) >= 11 is 0. The molecule has 0 saturated carbocycles. The van der Waals surface area contributed by atoms with E-state index in [9.17, 15) is 28.3 Å². The van der Waals surface area contributed by atoms with E-state index in [0.29, 0.717) is 31.4 Å². The van der Waals surface area contributed by atoms with Crippen molar-refractivity contribution in [2.45, 2.75) is 26.6 Å². The number of nitrogens with zero attached hydrogens (tertiary/aromatic N) is 2. The largest absolute Gasteiger partial charge is 0.503 e. The third-order valence-corrected chi connectivity index (χ3v) is 6.30. The van der Waals surface area contributed by atoms with Crippen molar-refractivity contribution in [3.05, 3.63) is 111 Å². The lowest BCUT2D eigenvalue weighted by Crippen LogP contribution is -2.43. The molecule has 8 nitrogen and oxygen atoms in total. The molecule has 0 saturated heterocycles. The molecule has 0 spiro atoms. The molecule has 1 atom stereocenters. The smallest absolute Gasteiger partial charge is 0.278 e. The first-order chi connectivity index (χ1) is 18.2. The zero-order valence-electron chi connectivity index (χ0n) is 20.8. The van der Waals surface area contributed by atoms with Crippen LogP contribution in [0.4, 0.5) is 8.78 Å². The van der Waals surface area contributed by atoms with E-state index in [1.165, 1.54) is 21.7 Å². The van der Waals surface area contributed by atoms with Crippen molar-refractivity contribution in [2.24, 2.45) is 5.92 Å². The molecule has 0 unspecified atom stereocenters. The zero-order valence-corrected chi connectivity index (χ0v) is 20.8. The Bertz CT molecular complexity index is 1440. The molecule has 3 aromatic rings. The van der Waals surface area contributed by atoms with Crippen LogP contribution in [0.25, 0.3) is 0 Å². The van der Waals surface area contributed by atoms with E-state index < -0.39 is 40.2 Å². The van der Waals surface area contributed by atoms with E-state index in [4.69, 9.17) is 0 Å². The number of hydrogen-bond acceptors (Lipinski definition) is 5. The summed E-state index contributed by atoms with van der Waals surface area (Å²) in [5, 5.41) is 16.3. The van der Waals surface area contributed by atoms with Crippen LogP contribution in [-0.4, -0.2) is 39.5 Å². The molecule has 10 heteroatoms. The maximum absolute atomic E-state index is 13.9. The standard InChI is InChI=1S/C28H28F2N4O4/c1-17(11-31-12-19-6-4-3-5-7-19)14-34-18(2)15-33-16-22(25(35)26(36)24(33)28(34)38)27(37)32-13-20-8-9-21(29)10-23(20)30/h3-10,16-17,31,36H,2,11-15H2,1H3,(H,32,37)/t17-/m0/s1. The Morgan fingerprint density at radius 2 is 1.87 bits per heavy atom. The molecule has 38 heavy (non-hydrogen) atoms. The van der Waals surface area contributed by atoms with Crippen molar-refractivity contribution in [1.82, 2.24) is 20.1 Å². The molecule has 0 bridgehead atoms.